The van der Waals surface area contributed by atoms with Gasteiger partial charge in [0.05, 0.1) is 13.0 Å². The molecule has 25 N–H and O–H groups in total. The summed E-state index contributed by atoms with van der Waals surface area (Å²) in [7, 11) is 0. The van der Waals surface area contributed by atoms with Gasteiger partial charge in [0.15, 0.2) is 0 Å². The van der Waals surface area contributed by atoms with E-state index in [0.717, 1.165) is 6.92 Å². The summed E-state index contributed by atoms with van der Waals surface area (Å²) in [5.41, 5.74) is 12.2. The SMILES string of the molecule is CC[C@H](C)[C@H](NC(=O)[C@H](Cc1ccc(O)cc1)NC(=O)[C@H](CCSC)NC(=O)[C@H](CS)NC(=O)[C@@H](NC(=O)[C@@H](N)CO)C(C)C)C(=O)N[C@@H](CCC(=O)O)C(=O)N[C@@H](C)C(=O)N[C@@H](CC(C)C)C(=O)N[C@@H](CC(=O)O)C(=O)N[C@@H](CCCCN)C(=O)N[C@@H](Cc1ccc(O)cc1)C(=O)N[C@@H](C)C(=O)N[C@@H](CS)C(=O)N[C@H](C(=O)NCC(=O)O)C(C)C. The van der Waals surface area contributed by atoms with Crippen LogP contribution < -0.4 is 91.2 Å². The number of amides is 15. The molecule has 0 spiro atoms. The highest BCUT2D eigenvalue weighted by atomic mass is 32.2. The smallest absolute Gasteiger partial charge is 0.322 e. The van der Waals surface area contributed by atoms with Crippen LogP contribution in [0.2, 0.25) is 0 Å². The van der Waals surface area contributed by atoms with Crippen molar-refractivity contribution in [3.05, 3.63) is 59.7 Å². The summed E-state index contributed by atoms with van der Waals surface area (Å²) >= 11 is 9.72. The molecule has 0 aromatic heterocycles. The molecule has 121 heavy (non-hydrogen) atoms. The zero-order chi connectivity index (χ0) is 91.7. The predicted molar refractivity (Wildman–Crippen MR) is 449 cm³/mol. The van der Waals surface area contributed by atoms with E-state index in [4.69, 9.17) is 16.6 Å². The number of unbranched alkanes of at least 4 members (excludes halogenated alkanes) is 1. The molecule has 0 aliphatic heterocycles. The Morgan fingerprint density at radius 2 is 0.769 bits per heavy atom. The molecule has 0 heterocycles. The van der Waals surface area contributed by atoms with E-state index in [0.29, 0.717) is 11.1 Å². The lowest BCUT2D eigenvalue weighted by Crippen LogP contribution is -2.62. The van der Waals surface area contributed by atoms with E-state index < -0.39 is 253 Å². The Morgan fingerprint density at radius 3 is 1.21 bits per heavy atom. The van der Waals surface area contributed by atoms with Crippen molar-refractivity contribution in [3.8, 4) is 11.5 Å². The normalized spacial score (nSPS) is 15.2. The van der Waals surface area contributed by atoms with Crippen molar-refractivity contribution >= 4 is 144 Å². The number of carbonyl (C=O) groups is 18. The molecule has 16 atom stereocenters. The third-order valence-electron chi connectivity index (χ3n) is 18.8. The van der Waals surface area contributed by atoms with Crippen LogP contribution in [0.5, 0.6) is 11.5 Å². The average molecular weight is 1770 g/mol. The molecule has 41 nitrogen and oxygen atoms in total. The predicted octanol–water partition coefficient (Wildman–Crippen LogP) is -4.28. The minimum absolute atomic E-state index is 0.0370. The molecule has 0 aliphatic rings. The quantitative estimate of drug-likeness (QED) is 0.0220. The minimum Gasteiger partial charge on any atom is -0.508 e. The summed E-state index contributed by atoms with van der Waals surface area (Å²) in [6.45, 7) is 13.9. The summed E-state index contributed by atoms with van der Waals surface area (Å²) in [4.78, 5) is 245. The van der Waals surface area contributed by atoms with Crippen molar-refractivity contribution in [2.45, 2.75) is 230 Å². The largest absolute Gasteiger partial charge is 0.508 e. The summed E-state index contributed by atoms with van der Waals surface area (Å²) in [6.07, 6.45) is -1.21. The third-order valence-corrected chi connectivity index (χ3v) is 20.2. The second-order valence-corrected chi connectivity index (χ2v) is 31.8. The number of nitrogens with two attached hydrogens (primary N) is 2. The lowest BCUT2D eigenvalue weighted by Gasteiger charge is -2.30. The number of phenolic OH excluding ortho intramolecular Hbond substituents is 2. The number of hydrogen-bond acceptors (Lipinski definition) is 26. The van der Waals surface area contributed by atoms with Crippen LogP contribution in [0.4, 0.5) is 0 Å². The number of carbonyl (C=O) groups excluding carboxylic acids is 15. The highest BCUT2D eigenvalue weighted by molar-refractivity contribution is 7.98. The van der Waals surface area contributed by atoms with Crippen molar-refractivity contribution in [3.63, 3.8) is 0 Å². The monoisotopic (exact) mass is 1760 g/mol. The van der Waals surface area contributed by atoms with Crippen LogP contribution in [0.15, 0.2) is 48.5 Å². The summed E-state index contributed by atoms with van der Waals surface area (Å²) in [5.74, 6) is -22.2. The highest BCUT2D eigenvalue weighted by Crippen LogP contribution is 2.18. The van der Waals surface area contributed by atoms with Crippen molar-refractivity contribution < 1.29 is 117 Å². The summed E-state index contributed by atoms with van der Waals surface area (Å²) in [6, 6.07) is -11.9. The molecule has 2 aromatic carbocycles. The Hall–Kier alpha value is -10.6. The van der Waals surface area contributed by atoms with E-state index in [-0.39, 0.29) is 86.7 Å². The number of carboxylic acids is 3. The van der Waals surface area contributed by atoms with Gasteiger partial charge in [-0.05, 0) is 130 Å². The Labute approximate surface area is 716 Å². The molecule has 15 amide bonds. The van der Waals surface area contributed by atoms with Gasteiger partial charge >= 0.3 is 17.9 Å². The number of rotatable bonds is 56. The van der Waals surface area contributed by atoms with E-state index in [1.807, 2.05) is 0 Å². The summed E-state index contributed by atoms with van der Waals surface area (Å²) < 4.78 is 0. The van der Waals surface area contributed by atoms with Gasteiger partial charge in [-0.25, -0.2) is 0 Å². The van der Waals surface area contributed by atoms with Crippen LogP contribution in [0.25, 0.3) is 0 Å². The van der Waals surface area contributed by atoms with E-state index >= 15 is 0 Å². The van der Waals surface area contributed by atoms with E-state index in [1.54, 1.807) is 61.6 Å². The number of aromatic hydroxyl groups is 2. The number of carboxylic acid groups (broad SMARTS) is 3. The van der Waals surface area contributed by atoms with Gasteiger partial charge in [0.1, 0.15) is 109 Å². The lowest BCUT2D eigenvalue weighted by molar-refractivity contribution is -0.142. The fraction of sp³-hybridized carbons (Fsp3) is 0.610. The molecule has 0 fully saturated rings. The first-order valence-electron chi connectivity index (χ1n) is 39.4. The Morgan fingerprint density at radius 1 is 0.405 bits per heavy atom. The Bertz CT molecular complexity index is 3850. The van der Waals surface area contributed by atoms with E-state index in [2.05, 4.69) is 105 Å². The van der Waals surface area contributed by atoms with Crippen molar-refractivity contribution in [1.82, 2.24) is 79.8 Å². The molecule has 0 unspecified atom stereocenters. The van der Waals surface area contributed by atoms with Gasteiger partial charge in [0.25, 0.3) is 0 Å². The van der Waals surface area contributed by atoms with Gasteiger partial charge < -0.3 is 122 Å². The lowest BCUT2D eigenvalue weighted by atomic mass is 9.96. The maximum atomic E-state index is 14.7. The number of nitrogens with one attached hydrogen (secondary N) is 15. The Kier molecular flexibility index (Phi) is 48.1. The van der Waals surface area contributed by atoms with Crippen LogP contribution in [0, 0.1) is 23.7 Å². The van der Waals surface area contributed by atoms with Crippen molar-refractivity contribution in [2.75, 3.05) is 43.2 Å². The van der Waals surface area contributed by atoms with Gasteiger partial charge in [-0.15, -0.1) is 0 Å². The van der Waals surface area contributed by atoms with Crippen molar-refractivity contribution in [2.24, 2.45) is 35.1 Å². The average Bonchev–Trinajstić information content (AvgIpc) is 0.827. The Balaban J connectivity index is 2.50. The van der Waals surface area contributed by atoms with Gasteiger partial charge in [-0.1, -0.05) is 86.1 Å². The highest BCUT2D eigenvalue weighted by Gasteiger charge is 2.40. The summed E-state index contributed by atoms with van der Waals surface area (Å²) in [5, 5.41) is 95.5. The molecular weight excluding hydrogens is 1640 g/mol. The van der Waals surface area contributed by atoms with Crippen LogP contribution in [-0.2, 0) is 99.1 Å². The fourth-order valence-electron chi connectivity index (χ4n) is 11.6. The van der Waals surface area contributed by atoms with Crippen LogP contribution >= 0.6 is 37.0 Å². The standard InChI is InChI=1S/C77H121N17O24S3/c1-12-40(8)62(94-72(113)53(31-44-18-22-46(97)23-19-44)88-68(109)50(26-28-121-11)84-73(114)55(35-119)91-76(117)61(39(6)7)92-65(106)47(79)34-95)77(118)85-49(24-25-57(98)99)66(107)81-41(9)63(104)86-51(29-37(2)3)70(111)89-54(32-58(100)101)71(112)83-48(15-13-14-27-78)67(108)87-52(30-43-16-20-45(96)21-17-43)69(110)82-42(10)64(105)90-56(36-120)74(115)93-60(38(4)5)75(116)80-33-59(102)103/h16-23,37-42,47-56,60-62,95-97,119-120H,12-15,24-36,78-79H2,1-11H3,(H,80,116)(H,81,107)(H,82,110)(H,83,112)(H,84,114)(H,85,118)(H,86,104)(H,87,108)(H,88,109)(H,89,111)(H,90,105)(H,91,117)(H,92,106)(H,93,115)(H,94,113)(H,98,99)(H,100,101)(H,102,103)/t40-,41-,42-,47-,48-,49-,50-,51-,52-,53-,54-,55-,56-,60-,61-,62-/m0/s1. The zero-order valence-electron chi connectivity index (χ0n) is 69.6. The maximum Gasteiger partial charge on any atom is 0.322 e. The zero-order valence-corrected chi connectivity index (χ0v) is 72.2. The molecule has 0 saturated heterocycles. The van der Waals surface area contributed by atoms with Gasteiger partial charge in [-0.3, -0.25) is 86.3 Å². The van der Waals surface area contributed by atoms with Crippen LogP contribution in [0.1, 0.15) is 138 Å². The van der Waals surface area contributed by atoms with Crippen molar-refractivity contribution in [1.29, 1.82) is 0 Å². The third kappa shape index (κ3) is 38.8. The molecule has 0 aliphatic carbocycles. The second kappa shape index (κ2) is 54.7. The number of benzene rings is 2. The minimum atomic E-state index is -2.00. The number of phenols is 2. The second-order valence-electron chi connectivity index (χ2n) is 30.1. The first-order valence-corrected chi connectivity index (χ1v) is 42.0. The molecule has 44 heteroatoms. The van der Waals surface area contributed by atoms with Gasteiger partial charge in [-0.2, -0.15) is 37.0 Å². The number of thiol groups is 2. The molecule has 2 rings (SSSR count). The number of aliphatic hydroxyl groups excluding tert-OH is 1. The van der Waals surface area contributed by atoms with E-state index in [9.17, 15) is 112 Å². The van der Waals surface area contributed by atoms with Crippen LogP contribution in [0.3, 0.4) is 0 Å². The molecule has 0 radical (unpaired) electrons. The maximum absolute atomic E-state index is 14.7. The molecule has 2 aromatic rings. The molecule has 0 saturated carbocycles. The first kappa shape index (κ1) is 107. The van der Waals surface area contributed by atoms with E-state index in [1.165, 1.54) is 67.2 Å². The van der Waals surface area contributed by atoms with Gasteiger partial charge in [0, 0.05) is 30.8 Å². The molecule has 676 valence electrons. The number of thioether (sulfide) groups is 1. The number of hydrogen-bond donors (Lipinski definition) is 25. The molecular formula is C77H121N17O24S3. The van der Waals surface area contributed by atoms with Gasteiger partial charge in [0.2, 0.25) is 88.6 Å². The fourth-order valence-corrected chi connectivity index (χ4v) is 12.5. The topological polar surface area (TPSA) is 661 Å². The number of aliphatic hydroxyl groups is 1. The number of aliphatic carboxylic acids is 3. The first-order chi connectivity index (χ1) is 56.8. The van der Waals surface area contributed by atoms with Crippen LogP contribution in [-0.4, -0.2) is 271 Å². The molecule has 0 bridgehead atoms.